The molecule has 0 radical (unpaired) electrons. The molecule has 0 amide bonds. The van der Waals surface area contributed by atoms with Crippen molar-refractivity contribution >= 4 is 36.6 Å². The van der Waals surface area contributed by atoms with Gasteiger partial charge in [0.05, 0.1) is 12.4 Å². The predicted octanol–water partition coefficient (Wildman–Crippen LogP) is 1.81. The summed E-state index contributed by atoms with van der Waals surface area (Å²) >= 11 is 0. The number of hydrogen-bond donors (Lipinski definition) is 4. The first kappa shape index (κ1) is 27.6. The summed E-state index contributed by atoms with van der Waals surface area (Å²) in [7, 11) is -4.36. The highest BCUT2D eigenvalue weighted by molar-refractivity contribution is 7.52. The Morgan fingerprint density at radius 2 is 2.02 bits per heavy atom. The van der Waals surface area contributed by atoms with Gasteiger partial charge >= 0.3 is 13.7 Å². The van der Waals surface area contributed by atoms with Gasteiger partial charge in [-0.15, -0.1) is 0 Å². The number of para-hydroxylation sites is 1. The van der Waals surface area contributed by atoms with Gasteiger partial charge in [-0.1, -0.05) is 23.3 Å². The second kappa shape index (κ2) is 10.2. The molecule has 5 rings (SSSR count). The van der Waals surface area contributed by atoms with Gasteiger partial charge in [-0.25, -0.2) is 9.55 Å². The Hall–Kier alpha value is -3.98. The fraction of sp³-hybridized carbons (Fsp3) is 0.455. The fourth-order valence-electron chi connectivity index (χ4n) is 4.48. The lowest BCUT2D eigenvalue weighted by Gasteiger charge is -2.27. The molecule has 1 aromatic carbocycles. The van der Waals surface area contributed by atoms with Gasteiger partial charge in [0.15, 0.2) is 11.5 Å². The van der Waals surface area contributed by atoms with Crippen LogP contribution in [0.5, 0.6) is 5.75 Å². The second-order valence-corrected chi connectivity index (χ2v) is 11.2. The third-order valence-electron chi connectivity index (χ3n) is 6.30. The van der Waals surface area contributed by atoms with Gasteiger partial charge < -0.3 is 30.6 Å². The molecule has 2 aliphatic rings. The standard InChI is InChI=1S/C22H27N10O7P/c1-10(2)36-20(33)11(3)30-40(35,38-12-7-5-4-6-8-12)39-16-15-22(16,34)14(29-31-25)19(37-15)32-9-26-13-17(23)27-21(24)28-18(13)32/h4-11,14-16,19,34H,1-3H3,(H,30,35)(H4,23,24,27,28)/t11-,14?,15-,16?,19-,22+,40?/m1/s1. The first-order valence-corrected chi connectivity index (χ1v) is 13.7. The largest absolute Gasteiger partial charge is 0.462 e. The number of azide groups is 1. The van der Waals surface area contributed by atoms with Crippen LogP contribution in [0.15, 0.2) is 41.8 Å². The minimum absolute atomic E-state index is 0.0276. The molecule has 6 N–H and O–H groups in total. The summed E-state index contributed by atoms with van der Waals surface area (Å²) in [5, 5.41) is 17.8. The summed E-state index contributed by atoms with van der Waals surface area (Å²) in [4.78, 5) is 27.4. The Balaban J connectivity index is 1.42. The number of aliphatic hydroxyl groups is 1. The molecule has 212 valence electrons. The smallest absolute Gasteiger partial charge is 0.459 e. The molecule has 0 bridgehead atoms. The second-order valence-electron chi connectivity index (χ2n) is 9.54. The van der Waals surface area contributed by atoms with E-state index in [1.54, 1.807) is 32.0 Å². The summed E-state index contributed by atoms with van der Waals surface area (Å²) in [6.45, 7) is 4.77. The average Bonchev–Trinajstić information content (AvgIpc) is 3.16. The maximum Gasteiger partial charge on any atom is 0.459 e. The third kappa shape index (κ3) is 4.90. The number of nitrogens with one attached hydrogen (secondary N) is 1. The highest BCUT2D eigenvalue weighted by atomic mass is 31.2. The molecule has 7 atom stereocenters. The molecule has 17 nitrogen and oxygen atoms in total. The highest BCUT2D eigenvalue weighted by Gasteiger charge is 2.79. The summed E-state index contributed by atoms with van der Waals surface area (Å²) < 4.78 is 37.9. The van der Waals surface area contributed by atoms with E-state index < -0.39 is 55.9 Å². The number of rotatable bonds is 10. The summed E-state index contributed by atoms with van der Waals surface area (Å²) in [6, 6.07) is 5.72. The number of ether oxygens (including phenoxy) is 2. The monoisotopic (exact) mass is 574 g/mol. The van der Waals surface area contributed by atoms with Crippen LogP contribution in [0, 0.1) is 0 Å². The van der Waals surface area contributed by atoms with Crippen molar-refractivity contribution in [3.8, 4) is 5.75 Å². The summed E-state index contributed by atoms with van der Waals surface area (Å²) in [6.07, 6.45) is -2.55. The van der Waals surface area contributed by atoms with E-state index in [1.807, 2.05) is 0 Å². The van der Waals surface area contributed by atoms with Crippen LogP contribution in [0.3, 0.4) is 0 Å². The molecule has 2 aromatic heterocycles. The van der Waals surface area contributed by atoms with Crippen molar-refractivity contribution in [2.24, 2.45) is 5.11 Å². The Morgan fingerprint density at radius 1 is 1.30 bits per heavy atom. The van der Waals surface area contributed by atoms with Crippen LogP contribution in [0.4, 0.5) is 11.8 Å². The van der Waals surface area contributed by atoms with Crippen molar-refractivity contribution in [2.45, 2.75) is 63.0 Å². The van der Waals surface area contributed by atoms with Gasteiger partial charge in [0.25, 0.3) is 0 Å². The number of imidazole rings is 1. The lowest BCUT2D eigenvalue weighted by molar-refractivity contribution is -0.149. The molecule has 1 saturated carbocycles. The first-order chi connectivity index (χ1) is 19.0. The minimum atomic E-state index is -4.36. The van der Waals surface area contributed by atoms with Crippen LogP contribution >= 0.6 is 7.75 Å². The molecule has 1 saturated heterocycles. The van der Waals surface area contributed by atoms with E-state index in [0.717, 1.165) is 0 Å². The van der Waals surface area contributed by atoms with Crippen LogP contribution in [-0.4, -0.2) is 66.6 Å². The number of nitrogens with zero attached hydrogens (tertiary/aromatic N) is 7. The highest BCUT2D eigenvalue weighted by Crippen LogP contribution is 2.62. The Kier molecular flexibility index (Phi) is 7.04. The molecule has 3 unspecified atom stereocenters. The number of benzene rings is 1. The topological polar surface area (TPSA) is 248 Å². The Bertz CT molecular complexity index is 1530. The van der Waals surface area contributed by atoms with Crippen molar-refractivity contribution in [1.82, 2.24) is 24.6 Å². The van der Waals surface area contributed by atoms with E-state index in [1.165, 1.54) is 30.0 Å². The van der Waals surface area contributed by atoms with E-state index in [2.05, 4.69) is 30.1 Å². The molecular formula is C22H27N10O7P. The van der Waals surface area contributed by atoms with Gasteiger partial charge in [-0.05, 0) is 38.4 Å². The number of carbonyl (C=O) groups is 1. The Morgan fingerprint density at radius 3 is 2.70 bits per heavy atom. The molecule has 0 spiro atoms. The average molecular weight is 574 g/mol. The van der Waals surface area contributed by atoms with Crippen LogP contribution in [0.1, 0.15) is 27.0 Å². The predicted molar refractivity (Wildman–Crippen MR) is 139 cm³/mol. The number of nitrogens with two attached hydrogens (primary N) is 2. The van der Waals surface area contributed by atoms with E-state index in [4.69, 9.17) is 30.0 Å². The maximum absolute atomic E-state index is 13.9. The molecule has 40 heavy (non-hydrogen) atoms. The van der Waals surface area contributed by atoms with Crippen LogP contribution in [0.25, 0.3) is 21.6 Å². The number of nitrogen functional groups attached to an aromatic ring is 2. The van der Waals surface area contributed by atoms with E-state index in [0.29, 0.717) is 0 Å². The molecule has 2 fully saturated rings. The van der Waals surface area contributed by atoms with Gasteiger partial charge in [0.2, 0.25) is 5.95 Å². The number of anilines is 2. The number of aromatic nitrogens is 4. The van der Waals surface area contributed by atoms with E-state index in [-0.39, 0.29) is 28.7 Å². The molecule has 1 aliphatic carbocycles. The van der Waals surface area contributed by atoms with Crippen LogP contribution < -0.4 is 21.1 Å². The van der Waals surface area contributed by atoms with Gasteiger partial charge in [-0.2, -0.15) is 15.1 Å². The van der Waals surface area contributed by atoms with Crippen molar-refractivity contribution in [3.63, 3.8) is 0 Å². The Labute approximate surface area is 227 Å². The molecule has 3 aromatic rings. The molecular weight excluding hydrogens is 547 g/mol. The lowest BCUT2D eigenvalue weighted by Crippen LogP contribution is -2.39. The number of carbonyl (C=O) groups excluding carboxylic acids is 1. The van der Waals surface area contributed by atoms with Crippen LogP contribution in [0.2, 0.25) is 0 Å². The fourth-order valence-corrected chi connectivity index (χ4v) is 6.19. The zero-order valence-electron chi connectivity index (χ0n) is 21.6. The molecule has 18 heteroatoms. The third-order valence-corrected chi connectivity index (χ3v) is 7.96. The first-order valence-electron chi connectivity index (χ1n) is 12.2. The maximum atomic E-state index is 13.9. The van der Waals surface area contributed by atoms with Crippen molar-refractivity contribution in [3.05, 3.63) is 47.1 Å². The zero-order valence-corrected chi connectivity index (χ0v) is 22.5. The van der Waals surface area contributed by atoms with Gasteiger partial charge in [-0.3, -0.25) is 13.9 Å². The van der Waals surface area contributed by atoms with Crippen molar-refractivity contribution < 1.29 is 33.0 Å². The van der Waals surface area contributed by atoms with Crippen LogP contribution in [-0.2, 0) is 23.4 Å². The summed E-state index contributed by atoms with van der Waals surface area (Å²) in [5.74, 6) is -0.614. The normalized spacial score (nSPS) is 27.4. The SMILES string of the molecule is CC(C)OC(=O)[C@@H](C)NP(=O)(Oc1ccccc1)OC1[C@H]2O[C@@H](n3cnc4c(N)nc(N)nc43)C(N=[N+]=[N-])[C@@]12O. The molecule has 3 heterocycles. The lowest BCUT2D eigenvalue weighted by atomic mass is 10.1. The molecule has 1 aliphatic heterocycles. The summed E-state index contributed by atoms with van der Waals surface area (Å²) in [5.41, 5.74) is 19.4. The van der Waals surface area contributed by atoms with Gasteiger partial charge in [0, 0.05) is 4.91 Å². The van der Waals surface area contributed by atoms with E-state index in [9.17, 15) is 20.0 Å². The zero-order chi connectivity index (χ0) is 28.8. The minimum Gasteiger partial charge on any atom is -0.462 e. The van der Waals surface area contributed by atoms with Gasteiger partial charge in [0.1, 0.15) is 47.4 Å². The quantitative estimate of drug-likeness (QED) is 0.0887. The number of fused-ring (bicyclic) bond motifs is 2. The number of hydrogen-bond acceptors (Lipinski definition) is 13. The van der Waals surface area contributed by atoms with Crippen molar-refractivity contribution in [2.75, 3.05) is 11.5 Å². The van der Waals surface area contributed by atoms with Crippen molar-refractivity contribution in [1.29, 1.82) is 0 Å². The number of esters is 1. The van der Waals surface area contributed by atoms with E-state index >= 15 is 0 Å².